The summed E-state index contributed by atoms with van der Waals surface area (Å²) in [5.41, 5.74) is 1.32. The molecule has 0 unspecified atom stereocenters. The molecule has 102 valence electrons. The molecule has 19 heavy (non-hydrogen) atoms. The van der Waals surface area contributed by atoms with E-state index in [0.29, 0.717) is 5.69 Å². The average molecular weight is 262 g/mol. The normalized spacial score (nSPS) is 10.9. The average Bonchev–Trinajstić information content (AvgIpc) is 2.80. The van der Waals surface area contributed by atoms with Gasteiger partial charge >= 0.3 is 0 Å². The van der Waals surface area contributed by atoms with Crippen molar-refractivity contribution in [2.75, 3.05) is 13.1 Å². The van der Waals surface area contributed by atoms with E-state index < -0.39 is 0 Å². The fourth-order valence-electron chi connectivity index (χ4n) is 2.24. The van der Waals surface area contributed by atoms with Crippen LogP contribution in [0.25, 0.3) is 10.9 Å². The smallest absolute Gasteiger partial charge is 0.270 e. The van der Waals surface area contributed by atoms with Crippen molar-refractivity contribution in [2.45, 2.75) is 26.7 Å². The maximum absolute atomic E-state index is 13.1. The van der Waals surface area contributed by atoms with Crippen LogP contribution in [0.1, 0.15) is 37.2 Å². The Hall–Kier alpha value is -1.84. The minimum Gasteiger partial charge on any atom is -0.351 e. The molecule has 0 aliphatic heterocycles. The molecule has 2 aromatic rings. The number of rotatable bonds is 5. The Labute approximate surface area is 112 Å². The van der Waals surface area contributed by atoms with Gasteiger partial charge in [-0.2, -0.15) is 0 Å². The second kappa shape index (κ2) is 5.87. The van der Waals surface area contributed by atoms with Gasteiger partial charge in [-0.3, -0.25) is 4.79 Å². The van der Waals surface area contributed by atoms with Crippen LogP contribution in [0.3, 0.4) is 0 Å². The van der Waals surface area contributed by atoms with Crippen molar-refractivity contribution in [3.63, 3.8) is 0 Å². The predicted octanol–water partition coefficient (Wildman–Crippen LogP) is 3.57. The molecular weight excluding hydrogens is 243 g/mol. The van der Waals surface area contributed by atoms with Gasteiger partial charge in [0.25, 0.3) is 5.91 Å². The van der Waals surface area contributed by atoms with Crippen LogP contribution in [0.15, 0.2) is 24.3 Å². The summed E-state index contributed by atoms with van der Waals surface area (Å²) in [6.07, 6.45) is 1.86. The van der Waals surface area contributed by atoms with Gasteiger partial charge in [-0.25, -0.2) is 4.39 Å². The Bertz CT molecular complexity index is 571. The molecule has 1 heterocycles. The highest BCUT2D eigenvalue weighted by molar-refractivity contribution is 5.98. The van der Waals surface area contributed by atoms with Gasteiger partial charge in [0.2, 0.25) is 0 Å². The van der Waals surface area contributed by atoms with Crippen LogP contribution in [-0.4, -0.2) is 28.9 Å². The fraction of sp³-hybridized carbons (Fsp3) is 0.400. The lowest BCUT2D eigenvalue weighted by Crippen LogP contribution is -2.32. The number of hydrogen-bond donors (Lipinski definition) is 1. The SMILES string of the molecule is CCCN(CCC)C(=O)c1cc2cc(F)ccc2[nH]1. The summed E-state index contributed by atoms with van der Waals surface area (Å²) >= 11 is 0. The van der Waals surface area contributed by atoms with E-state index in [1.54, 1.807) is 12.1 Å². The van der Waals surface area contributed by atoms with Crippen LogP contribution in [0, 0.1) is 5.82 Å². The number of halogens is 1. The molecule has 4 heteroatoms. The number of hydrogen-bond acceptors (Lipinski definition) is 1. The van der Waals surface area contributed by atoms with Gasteiger partial charge in [0.05, 0.1) is 0 Å². The number of aromatic nitrogens is 1. The second-order valence-electron chi connectivity index (χ2n) is 4.71. The Morgan fingerprint density at radius 2 is 1.89 bits per heavy atom. The summed E-state index contributed by atoms with van der Waals surface area (Å²) in [5, 5.41) is 0.733. The lowest BCUT2D eigenvalue weighted by molar-refractivity contribution is 0.0750. The van der Waals surface area contributed by atoms with Crippen molar-refractivity contribution >= 4 is 16.8 Å². The number of nitrogens with one attached hydrogen (secondary N) is 1. The summed E-state index contributed by atoms with van der Waals surface area (Å²) < 4.78 is 13.1. The number of H-pyrrole nitrogens is 1. The second-order valence-corrected chi connectivity index (χ2v) is 4.71. The van der Waals surface area contributed by atoms with Crippen molar-refractivity contribution in [1.29, 1.82) is 0 Å². The third-order valence-corrected chi connectivity index (χ3v) is 3.09. The summed E-state index contributed by atoms with van der Waals surface area (Å²) in [5.74, 6) is -0.301. The third-order valence-electron chi connectivity index (χ3n) is 3.09. The third kappa shape index (κ3) is 2.95. The minimum absolute atomic E-state index is 0.0136. The summed E-state index contributed by atoms with van der Waals surface area (Å²) in [7, 11) is 0. The Morgan fingerprint density at radius 1 is 1.21 bits per heavy atom. The molecule has 0 saturated heterocycles. The van der Waals surface area contributed by atoms with Crippen molar-refractivity contribution in [3.8, 4) is 0 Å². The first-order chi connectivity index (χ1) is 9.15. The Kier molecular flexibility index (Phi) is 4.20. The molecule has 0 saturated carbocycles. The van der Waals surface area contributed by atoms with Crippen LogP contribution in [0.2, 0.25) is 0 Å². The molecule has 0 bridgehead atoms. The van der Waals surface area contributed by atoms with E-state index in [1.165, 1.54) is 12.1 Å². The highest BCUT2D eigenvalue weighted by Gasteiger charge is 2.16. The minimum atomic E-state index is -0.288. The van der Waals surface area contributed by atoms with Gasteiger partial charge in [-0.05, 0) is 37.1 Å². The fourth-order valence-corrected chi connectivity index (χ4v) is 2.24. The first-order valence-corrected chi connectivity index (χ1v) is 6.73. The molecule has 2 rings (SSSR count). The first kappa shape index (κ1) is 13.6. The zero-order valence-corrected chi connectivity index (χ0v) is 11.4. The molecule has 1 amide bonds. The molecule has 1 N–H and O–H groups in total. The van der Waals surface area contributed by atoms with Crippen molar-refractivity contribution in [3.05, 3.63) is 35.8 Å². The molecule has 0 radical (unpaired) electrons. The lowest BCUT2D eigenvalue weighted by Gasteiger charge is -2.20. The molecule has 0 aliphatic rings. The zero-order chi connectivity index (χ0) is 13.8. The molecule has 1 aromatic heterocycles. The van der Waals surface area contributed by atoms with E-state index >= 15 is 0 Å². The van der Waals surface area contributed by atoms with Crippen LogP contribution in [0.4, 0.5) is 4.39 Å². The van der Waals surface area contributed by atoms with Gasteiger partial charge in [0.1, 0.15) is 11.5 Å². The first-order valence-electron chi connectivity index (χ1n) is 6.73. The largest absolute Gasteiger partial charge is 0.351 e. The Balaban J connectivity index is 2.29. The number of amides is 1. The molecule has 0 fully saturated rings. The molecule has 0 aliphatic carbocycles. The molecule has 0 atom stereocenters. The molecule has 0 spiro atoms. The molecule has 1 aromatic carbocycles. The highest BCUT2D eigenvalue weighted by atomic mass is 19.1. The standard InChI is InChI=1S/C15H19FN2O/c1-3-7-18(8-4-2)15(19)14-10-11-9-12(16)5-6-13(11)17-14/h5-6,9-10,17H,3-4,7-8H2,1-2H3. The van der Waals surface area contributed by atoms with Crippen molar-refractivity contribution in [2.24, 2.45) is 0 Å². The van der Waals surface area contributed by atoms with Crippen LogP contribution >= 0.6 is 0 Å². The lowest BCUT2D eigenvalue weighted by atomic mass is 10.2. The van der Waals surface area contributed by atoms with Gasteiger partial charge < -0.3 is 9.88 Å². The molecule has 3 nitrogen and oxygen atoms in total. The number of nitrogens with zero attached hydrogens (tertiary/aromatic N) is 1. The van der Waals surface area contributed by atoms with Gasteiger partial charge in [-0.15, -0.1) is 0 Å². The van der Waals surface area contributed by atoms with E-state index in [0.717, 1.165) is 36.8 Å². The van der Waals surface area contributed by atoms with Crippen LogP contribution in [0.5, 0.6) is 0 Å². The summed E-state index contributed by atoms with van der Waals surface area (Å²) in [6, 6.07) is 6.21. The van der Waals surface area contributed by atoms with Gasteiger partial charge in [0.15, 0.2) is 0 Å². The van der Waals surface area contributed by atoms with E-state index in [-0.39, 0.29) is 11.7 Å². The maximum Gasteiger partial charge on any atom is 0.270 e. The topological polar surface area (TPSA) is 36.1 Å². The maximum atomic E-state index is 13.1. The summed E-state index contributed by atoms with van der Waals surface area (Å²) in [6.45, 7) is 5.60. The number of benzene rings is 1. The van der Waals surface area contributed by atoms with E-state index in [9.17, 15) is 9.18 Å². The number of aromatic amines is 1. The highest BCUT2D eigenvalue weighted by Crippen LogP contribution is 2.18. The number of carbonyl (C=O) groups is 1. The van der Waals surface area contributed by atoms with Gasteiger partial charge in [-0.1, -0.05) is 13.8 Å². The number of fused-ring (bicyclic) bond motifs is 1. The zero-order valence-electron chi connectivity index (χ0n) is 11.4. The number of carbonyl (C=O) groups excluding carboxylic acids is 1. The molecular formula is C15H19FN2O. The monoisotopic (exact) mass is 262 g/mol. The quantitative estimate of drug-likeness (QED) is 0.878. The van der Waals surface area contributed by atoms with Crippen LogP contribution < -0.4 is 0 Å². The van der Waals surface area contributed by atoms with E-state index in [1.807, 2.05) is 4.90 Å². The van der Waals surface area contributed by atoms with E-state index in [4.69, 9.17) is 0 Å². The van der Waals surface area contributed by atoms with Crippen LogP contribution in [-0.2, 0) is 0 Å². The van der Waals surface area contributed by atoms with Gasteiger partial charge in [0, 0.05) is 24.0 Å². The summed E-state index contributed by atoms with van der Waals surface area (Å²) in [4.78, 5) is 17.3. The van der Waals surface area contributed by atoms with Crippen molar-refractivity contribution in [1.82, 2.24) is 9.88 Å². The predicted molar refractivity (Wildman–Crippen MR) is 74.7 cm³/mol. The van der Waals surface area contributed by atoms with E-state index in [2.05, 4.69) is 18.8 Å². The van der Waals surface area contributed by atoms with Crippen molar-refractivity contribution < 1.29 is 9.18 Å². The Morgan fingerprint density at radius 3 is 2.53 bits per heavy atom.